The fourth-order valence-corrected chi connectivity index (χ4v) is 4.79. The summed E-state index contributed by atoms with van der Waals surface area (Å²) in [6.45, 7) is 27.0. The zero-order valence-corrected chi connectivity index (χ0v) is 19.0. The van der Waals surface area contributed by atoms with Gasteiger partial charge in [0.15, 0.2) is 16.6 Å². The third-order valence-corrected chi connectivity index (χ3v) is 14.9. The zero-order chi connectivity index (χ0) is 18.3. The molecule has 0 aliphatic heterocycles. The summed E-state index contributed by atoms with van der Waals surface area (Å²) in [6.07, 6.45) is 5.43. The van der Waals surface area contributed by atoms with Crippen molar-refractivity contribution in [3.05, 3.63) is 24.3 Å². The standard InChI is InChI=1S/C19H38O2Si2/c1-12-15-13-16(20-22(8,9)18(2,3)4)14-17(15)21-23(10,11)19(5,6)7/h12-13,16-17H,1,14H2,2-11H3/t16-,17-/m1/s1. The third-order valence-electron chi connectivity index (χ3n) is 5.93. The van der Waals surface area contributed by atoms with Crippen LogP contribution in [0, 0.1) is 0 Å². The highest BCUT2D eigenvalue weighted by Gasteiger charge is 2.43. The lowest BCUT2D eigenvalue weighted by molar-refractivity contribution is 0.156. The maximum Gasteiger partial charge on any atom is 0.192 e. The van der Waals surface area contributed by atoms with E-state index in [4.69, 9.17) is 8.85 Å². The van der Waals surface area contributed by atoms with E-state index in [1.165, 1.54) is 5.57 Å². The van der Waals surface area contributed by atoms with Gasteiger partial charge in [-0.3, -0.25) is 0 Å². The molecule has 23 heavy (non-hydrogen) atoms. The molecule has 0 N–H and O–H groups in total. The summed E-state index contributed by atoms with van der Waals surface area (Å²) in [6, 6.07) is 0. The first-order chi connectivity index (χ1) is 10.1. The van der Waals surface area contributed by atoms with Crippen LogP contribution in [0.3, 0.4) is 0 Å². The van der Waals surface area contributed by atoms with E-state index in [1.54, 1.807) is 0 Å². The molecule has 1 aliphatic carbocycles. The van der Waals surface area contributed by atoms with Crippen LogP contribution in [0.1, 0.15) is 48.0 Å². The minimum absolute atomic E-state index is 0.142. The highest BCUT2D eigenvalue weighted by atomic mass is 28.4. The van der Waals surface area contributed by atoms with E-state index in [0.29, 0.717) is 0 Å². The minimum Gasteiger partial charge on any atom is -0.410 e. The summed E-state index contributed by atoms with van der Waals surface area (Å²) in [5, 5.41) is 0.450. The van der Waals surface area contributed by atoms with E-state index in [-0.39, 0.29) is 22.3 Å². The predicted octanol–water partition coefficient (Wildman–Crippen LogP) is 6.28. The molecule has 1 rings (SSSR count). The van der Waals surface area contributed by atoms with Gasteiger partial charge in [0.05, 0.1) is 12.2 Å². The molecule has 0 spiro atoms. The topological polar surface area (TPSA) is 18.5 Å². The van der Waals surface area contributed by atoms with Gasteiger partial charge in [-0.05, 0) is 41.8 Å². The van der Waals surface area contributed by atoms with Crippen LogP contribution in [0.4, 0.5) is 0 Å². The summed E-state index contributed by atoms with van der Waals surface area (Å²) in [5.41, 5.74) is 1.21. The summed E-state index contributed by atoms with van der Waals surface area (Å²) >= 11 is 0. The first-order valence-electron chi connectivity index (χ1n) is 8.80. The highest BCUT2D eigenvalue weighted by molar-refractivity contribution is 6.74. The fourth-order valence-electron chi connectivity index (χ4n) is 2.22. The van der Waals surface area contributed by atoms with Gasteiger partial charge in [-0.2, -0.15) is 0 Å². The van der Waals surface area contributed by atoms with E-state index >= 15 is 0 Å². The molecule has 0 aromatic carbocycles. The molecule has 2 atom stereocenters. The molecule has 0 unspecified atom stereocenters. The number of hydrogen-bond donors (Lipinski definition) is 0. The third kappa shape index (κ3) is 4.91. The maximum absolute atomic E-state index is 6.63. The van der Waals surface area contributed by atoms with Gasteiger partial charge in [-0.25, -0.2) is 0 Å². The molecule has 0 aromatic heterocycles. The molecule has 0 amide bonds. The largest absolute Gasteiger partial charge is 0.410 e. The van der Waals surface area contributed by atoms with E-state index in [0.717, 1.165) is 6.42 Å². The lowest BCUT2D eigenvalue weighted by Crippen LogP contribution is -2.45. The van der Waals surface area contributed by atoms with E-state index in [9.17, 15) is 0 Å². The molecule has 2 nitrogen and oxygen atoms in total. The second kappa shape index (κ2) is 6.62. The van der Waals surface area contributed by atoms with E-state index < -0.39 is 16.6 Å². The minimum atomic E-state index is -1.79. The Morgan fingerprint density at radius 2 is 1.39 bits per heavy atom. The van der Waals surface area contributed by atoms with Crippen LogP contribution in [-0.2, 0) is 8.85 Å². The Balaban J connectivity index is 2.87. The lowest BCUT2D eigenvalue weighted by Gasteiger charge is -2.40. The molecule has 0 fully saturated rings. The summed E-state index contributed by atoms with van der Waals surface area (Å²) in [7, 11) is -3.55. The Morgan fingerprint density at radius 3 is 1.78 bits per heavy atom. The monoisotopic (exact) mass is 354 g/mol. The van der Waals surface area contributed by atoms with Crippen LogP contribution < -0.4 is 0 Å². The Hall–Kier alpha value is -0.166. The van der Waals surface area contributed by atoms with Crippen LogP contribution >= 0.6 is 0 Å². The molecule has 0 saturated carbocycles. The van der Waals surface area contributed by atoms with Crippen molar-refractivity contribution in [2.45, 2.75) is 96.4 Å². The van der Waals surface area contributed by atoms with E-state index in [1.807, 2.05) is 6.08 Å². The van der Waals surface area contributed by atoms with Crippen molar-refractivity contribution in [1.29, 1.82) is 0 Å². The molecule has 0 aromatic rings. The smallest absolute Gasteiger partial charge is 0.192 e. The molecule has 0 heterocycles. The van der Waals surface area contributed by atoms with Crippen LogP contribution in [0.2, 0.25) is 36.3 Å². The first-order valence-corrected chi connectivity index (χ1v) is 14.6. The second-order valence-corrected chi connectivity index (χ2v) is 19.4. The molecular formula is C19H38O2Si2. The average Bonchev–Trinajstić information content (AvgIpc) is 2.66. The van der Waals surface area contributed by atoms with Gasteiger partial charge in [0.25, 0.3) is 0 Å². The van der Waals surface area contributed by atoms with Gasteiger partial charge in [0, 0.05) is 6.42 Å². The van der Waals surface area contributed by atoms with Crippen molar-refractivity contribution in [2.75, 3.05) is 0 Å². The Kier molecular flexibility index (Phi) is 6.01. The normalized spacial score (nSPS) is 23.8. The summed E-state index contributed by atoms with van der Waals surface area (Å²) in [5.74, 6) is 0. The van der Waals surface area contributed by atoms with Gasteiger partial charge in [0.1, 0.15) is 0 Å². The van der Waals surface area contributed by atoms with Crippen molar-refractivity contribution in [3.8, 4) is 0 Å². The van der Waals surface area contributed by atoms with Crippen LogP contribution in [-0.4, -0.2) is 28.8 Å². The molecule has 4 heteroatoms. The van der Waals surface area contributed by atoms with Crippen LogP contribution in [0.25, 0.3) is 0 Å². The Morgan fingerprint density at radius 1 is 0.957 bits per heavy atom. The van der Waals surface area contributed by atoms with E-state index in [2.05, 4.69) is 80.4 Å². The van der Waals surface area contributed by atoms with Crippen LogP contribution in [0.15, 0.2) is 24.3 Å². The highest BCUT2D eigenvalue weighted by Crippen LogP contribution is 2.42. The summed E-state index contributed by atoms with van der Waals surface area (Å²) in [4.78, 5) is 0. The Labute approximate surface area is 146 Å². The van der Waals surface area contributed by atoms with Crippen molar-refractivity contribution in [3.63, 3.8) is 0 Å². The van der Waals surface area contributed by atoms with Crippen molar-refractivity contribution in [1.82, 2.24) is 0 Å². The van der Waals surface area contributed by atoms with Crippen molar-refractivity contribution in [2.24, 2.45) is 0 Å². The van der Waals surface area contributed by atoms with Gasteiger partial charge in [0.2, 0.25) is 0 Å². The number of hydrogen-bond acceptors (Lipinski definition) is 2. The van der Waals surface area contributed by atoms with Crippen molar-refractivity contribution < 1.29 is 8.85 Å². The molecular weight excluding hydrogens is 316 g/mol. The maximum atomic E-state index is 6.63. The predicted molar refractivity (Wildman–Crippen MR) is 107 cm³/mol. The zero-order valence-electron chi connectivity index (χ0n) is 17.0. The second-order valence-electron chi connectivity index (χ2n) is 9.89. The lowest BCUT2D eigenvalue weighted by atomic mass is 10.2. The SMILES string of the molecule is C=CC1=C[C@@H](O[Si](C)(C)C(C)(C)C)C[C@H]1O[Si](C)(C)C(C)(C)C. The average molecular weight is 355 g/mol. The van der Waals surface area contributed by atoms with Gasteiger partial charge >= 0.3 is 0 Å². The molecule has 1 aliphatic rings. The molecule has 0 radical (unpaired) electrons. The first kappa shape index (κ1) is 20.9. The fraction of sp³-hybridized carbons (Fsp3) is 0.789. The van der Waals surface area contributed by atoms with Gasteiger partial charge < -0.3 is 8.85 Å². The van der Waals surface area contributed by atoms with Gasteiger partial charge in [-0.1, -0.05) is 60.3 Å². The molecule has 134 valence electrons. The molecule has 0 bridgehead atoms. The number of rotatable bonds is 5. The quantitative estimate of drug-likeness (QED) is 0.541. The van der Waals surface area contributed by atoms with Gasteiger partial charge in [-0.15, -0.1) is 0 Å². The molecule has 0 saturated heterocycles. The van der Waals surface area contributed by atoms with Crippen LogP contribution in [0.5, 0.6) is 0 Å². The summed E-state index contributed by atoms with van der Waals surface area (Å²) < 4.78 is 13.2. The Bertz CT molecular complexity index is 465. The van der Waals surface area contributed by atoms with Crippen molar-refractivity contribution >= 4 is 16.6 Å².